The number of anilines is 1. The minimum atomic E-state index is 0.206. The standard InChI is InChI=1S/C20H23ClN2OS/c1-3-25-23-11-10-15(18-13-16(21)6-9-19(18)22)12-20(23)14-4-7-17(24-2)8-5-14/h4-9,12-13,20H,3,10-11,22H2,1-2H3. The van der Waals surface area contributed by atoms with E-state index in [-0.39, 0.29) is 6.04 Å². The Morgan fingerprint density at radius 2 is 2.00 bits per heavy atom. The predicted octanol–water partition coefficient (Wildman–Crippen LogP) is 5.43. The SMILES string of the molecule is CCSN1CCC(c2cc(Cl)ccc2N)=CC1c1ccc(OC)cc1. The average molecular weight is 375 g/mol. The van der Waals surface area contributed by atoms with Crippen molar-refractivity contribution in [3.63, 3.8) is 0 Å². The fourth-order valence-corrected chi connectivity index (χ4v) is 4.20. The summed E-state index contributed by atoms with van der Waals surface area (Å²) in [6.45, 7) is 3.16. The lowest BCUT2D eigenvalue weighted by Crippen LogP contribution is -2.26. The average Bonchev–Trinajstić information content (AvgIpc) is 2.64. The van der Waals surface area contributed by atoms with E-state index in [2.05, 4.69) is 29.4 Å². The van der Waals surface area contributed by atoms with Crippen molar-refractivity contribution >= 4 is 34.8 Å². The highest BCUT2D eigenvalue weighted by Crippen LogP contribution is 2.39. The lowest BCUT2D eigenvalue weighted by Gasteiger charge is -2.34. The second kappa shape index (κ2) is 8.17. The Hall–Kier alpha value is -1.62. The molecule has 0 radical (unpaired) electrons. The third-order valence-electron chi connectivity index (χ3n) is 4.38. The number of nitrogens with zero attached hydrogens (tertiary/aromatic N) is 1. The summed E-state index contributed by atoms with van der Waals surface area (Å²) >= 11 is 8.06. The monoisotopic (exact) mass is 374 g/mol. The minimum absolute atomic E-state index is 0.206. The lowest BCUT2D eigenvalue weighted by molar-refractivity contribution is 0.405. The van der Waals surface area contributed by atoms with Crippen LogP contribution in [0.15, 0.2) is 48.5 Å². The molecule has 0 amide bonds. The molecule has 132 valence electrons. The molecule has 1 aliphatic rings. The molecule has 1 atom stereocenters. The van der Waals surface area contributed by atoms with Gasteiger partial charge in [-0.15, -0.1) is 0 Å². The summed E-state index contributed by atoms with van der Waals surface area (Å²) in [5, 5.41) is 0.719. The fraction of sp³-hybridized carbons (Fsp3) is 0.300. The molecule has 1 unspecified atom stereocenters. The van der Waals surface area contributed by atoms with E-state index < -0.39 is 0 Å². The van der Waals surface area contributed by atoms with Gasteiger partial charge in [-0.05, 0) is 47.9 Å². The van der Waals surface area contributed by atoms with Gasteiger partial charge in [-0.2, -0.15) is 0 Å². The fourth-order valence-electron chi connectivity index (χ4n) is 3.13. The first-order valence-electron chi connectivity index (χ1n) is 8.42. The van der Waals surface area contributed by atoms with Gasteiger partial charge in [0, 0.05) is 28.6 Å². The van der Waals surface area contributed by atoms with Crippen LogP contribution in [-0.2, 0) is 0 Å². The molecule has 0 bridgehead atoms. The van der Waals surface area contributed by atoms with Gasteiger partial charge >= 0.3 is 0 Å². The number of rotatable bonds is 5. The molecule has 0 aromatic heterocycles. The molecule has 1 aliphatic heterocycles. The number of halogens is 1. The van der Waals surface area contributed by atoms with Crippen LogP contribution in [0, 0.1) is 0 Å². The van der Waals surface area contributed by atoms with E-state index in [1.165, 1.54) is 11.1 Å². The number of nitrogens with two attached hydrogens (primary N) is 1. The number of benzene rings is 2. The van der Waals surface area contributed by atoms with E-state index in [9.17, 15) is 0 Å². The van der Waals surface area contributed by atoms with Crippen LogP contribution in [-0.4, -0.2) is 23.7 Å². The summed E-state index contributed by atoms with van der Waals surface area (Å²) in [4.78, 5) is 0. The molecule has 5 heteroatoms. The largest absolute Gasteiger partial charge is 0.497 e. The predicted molar refractivity (Wildman–Crippen MR) is 109 cm³/mol. The molecule has 0 spiro atoms. The summed E-state index contributed by atoms with van der Waals surface area (Å²) < 4.78 is 7.72. The quantitative estimate of drug-likeness (QED) is 0.559. The van der Waals surface area contributed by atoms with Gasteiger partial charge in [0.1, 0.15) is 5.75 Å². The molecule has 2 aromatic rings. The number of methoxy groups -OCH3 is 1. The van der Waals surface area contributed by atoms with Gasteiger partial charge in [-0.25, -0.2) is 4.31 Å². The van der Waals surface area contributed by atoms with Crippen molar-refractivity contribution in [2.45, 2.75) is 19.4 Å². The Labute approximate surface area is 158 Å². The third kappa shape index (κ3) is 4.14. The van der Waals surface area contributed by atoms with Crippen LogP contribution in [0.4, 0.5) is 5.69 Å². The van der Waals surface area contributed by atoms with Crippen molar-refractivity contribution in [2.75, 3.05) is 25.1 Å². The Morgan fingerprint density at radius 3 is 2.68 bits per heavy atom. The summed E-state index contributed by atoms with van der Waals surface area (Å²) in [6.07, 6.45) is 3.28. The van der Waals surface area contributed by atoms with Crippen LogP contribution < -0.4 is 10.5 Å². The molecule has 2 aromatic carbocycles. The zero-order chi connectivity index (χ0) is 17.8. The zero-order valence-corrected chi connectivity index (χ0v) is 16.1. The van der Waals surface area contributed by atoms with E-state index >= 15 is 0 Å². The third-order valence-corrected chi connectivity index (χ3v) is 5.62. The van der Waals surface area contributed by atoms with E-state index in [4.69, 9.17) is 22.1 Å². The molecule has 3 rings (SSSR count). The Kier molecular flexibility index (Phi) is 5.94. The first-order valence-corrected chi connectivity index (χ1v) is 9.74. The van der Waals surface area contributed by atoms with E-state index in [0.29, 0.717) is 0 Å². The summed E-state index contributed by atoms with van der Waals surface area (Å²) in [5.74, 6) is 1.92. The van der Waals surface area contributed by atoms with Crippen molar-refractivity contribution < 1.29 is 4.74 Å². The van der Waals surface area contributed by atoms with Gasteiger partial charge in [0.05, 0.1) is 13.2 Å². The molecule has 1 heterocycles. The molecule has 25 heavy (non-hydrogen) atoms. The second-order valence-corrected chi connectivity index (χ2v) is 7.69. The maximum Gasteiger partial charge on any atom is 0.118 e. The normalized spacial score (nSPS) is 18.0. The lowest BCUT2D eigenvalue weighted by atomic mass is 9.93. The summed E-state index contributed by atoms with van der Waals surface area (Å²) in [7, 11) is 1.69. The first kappa shape index (κ1) is 18.2. The zero-order valence-electron chi connectivity index (χ0n) is 14.5. The number of nitrogen functional groups attached to an aromatic ring is 1. The molecular formula is C20H23ClN2OS. The second-order valence-electron chi connectivity index (χ2n) is 5.95. The molecule has 3 nitrogen and oxygen atoms in total. The van der Waals surface area contributed by atoms with Crippen molar-refractivity contribution in [3.05, 3.63) is 64.7 Å². The van der Waals surface area contributed by atoms with Crippen LogP contribution in [0.1, 0.15) is 30.5 Å². The van der Waals surface area contributed by atoms with Gasteiger partial charge < -0.3 is 10.5 Å². The van der Waals surface area contributed by atoms with Gasteiger partial charge in [0.15, 0.2) is 0 Å². The Bertz CT molecular complexity index is 761. The van der Waals surface area contributed by atoms with Crippen LogP contribution in [0.2, 0.25) is 5.02 Å². The van der Waals surface area contributed by atoms with Crippen LogP contribution in [0.5, 0.6) is 5.75 Å². The maximum absolute atomic E-state index is 6.20. The number of ether oxygens (including phenoxy) is 1. The van der Waals surface area contributed by atoms with E-state index in [0.717, 1.165) is 40.7 Å². The van der Waals surface area contributed by atoms with Crippen molar-refractivity contribution in [3.8, 4) is 5.75 Å². The highest BCUT2D eigenvalue weighted by Gasteiger charge is 2.25. The Morgan fingerprint density at radius 1 is 1.24 bits per heavy atom. The number of hydrogen-bond acceptors (Lipinski definition) is 4. The highest BCUT2D eigenvalue weighted by atomic mass is 35.5. The smallest absolute Gasteiger partial charge is 0.118 e. The molecule has 0 saturated carbocycles. The topological polar surface area (TPSA) is 38.5 Å². The van der Waals surface area contributed by atoms with E-state index in [1.807, 2.05) is 42.3 Å². The first-order chi connectivity index (χ1) is 12.1. The molecule has 0 aliphatic carbocycles. The van der Waals surface area contributed by atoms with E-state index in [1.54, 1.807) is 7.11 Å². The Balaban J connectivity index is 1.99. The number of hydrogen-bond donors (Lipinski definition) is 1. The van der Waals surface area contributed by atoms with Gasteiger partial charge in [-0.3, -0.25) is 0 Å². The molecular weight excluding hydrogens is 352 g/mol. The van der Waals surface area contributed by atoms with Gasteiger partial charge in [-0.1, -0.05) is 48.7 Å². The minimum Gasteiger partial charge on any atom is -0.497 e. The summed E-state index contributed by atoms with van der Waals surface area (Å²) in [6, 6.07) is 14.2. The van der Waals surface area contributed by atoms with Crippen LogP contribution in [0.3, 0.4) is 0 Å². The van der Waals surface area contributed by atoms with Crippen molar-refractivity contribution in [1.29, 1.82) is 0 Å². The summed E-state index contributed by atoms with van der Waals surface area (Å²) in [5.41, 5.74) is 10.5. The van der Waals surface area contributed by atoms with Gasteiger partial charge in [0.2, 0.25) is 0 Å². The van der Waals surface area contributed by atoms with Gasteiger partial charge in [0.25, 0.3) is 0 Å². The van der Waals surface area contributed by atoms with Crippen LogP contribution in [0.25, 0.3) is 5.57 Å². The maximum atomic E-state index is 6.20. The van der Waals surface area contributed by atoms with Crippen LogP contribution >= 0.6 is 23.5 Å². The highest BCUT2D eigenvalue weighted by molar-refractivity contribution is 7.97. The molecule has 0 saturated heterocycles. The molecule has 2 N–H and O–H groups in total. The van der Waals surface area contributed by atoms with Crippen molar-refractivity contribution in [1.82, 2.24) is 4.31 Å². The van der Waals surface area contributed by atoms with Crippen molar-refractivity contribution in [2.24, 2.45) is 0 Å². The molecule has 0 fully saturated rings.